The number of carbonyl (C=O) groups excluding carboxylic acids is 1. The summed E-state index contributed by atoms with van der Waals surface area (Å²) in [4.78, 5) is 13.1. The molecule has 9 heteroatoms. The first-order valence-electron chi connectivity index (χ1n) is 9.63. The molecule has 30 heavy (non-hydrogen) atoms. The Morgan fingerprint density at radius 2 is 1.50 bits per heavy atom. The largest absolute Gasteiger partial charge is 0.496 e. The minimum Gasteiger partial charge on any atom is -0.496 e. The molecule has 0 spiro atoms. The van der Waals surface area contributed by atoms with Gasteiger partial charge in [-0.1, -0.05) is 18.6 Å². The maximum Gasteiger partial charge on any atom is 0.259 e. The highest BCUT2D eigenvalue weighted by molar-refractivity contribution is 7.89. The molecule has 1 N–H and O–H groups in total. The van der Waals surface area contributed by atoms with Crippen LogP contribution in [-0.2, 0) is 10.0 Å². The van der Waals surface area contributed by atoms with Gasteiger partial charge in [-0.25, -0.2) is 8.42 Å². The molecule has 0 radical (unpaired) electrons. The first-order chi connectivity index (χ1) is 14.4. The van der Waals surface area contributed by atoms with Crippen molar-refractivity contribution in [3.05, 3.63) is 42.0 Å². The van der Waals surface area contributed by atoms with Crippen molar-refractivity contribution in [3.8, 4) is 17.2 Å². The summed E-state index contributed by atoms with van der Waals surface area (Å²) in [6.45, 7) is 0.961. The number of benzene rings is 2. The van der Waals surface area contributed by atoms with Crippen molar-refractivity contribution in [2.45, 2.75) is 24.2 Å². The molecule has 1 heterocycles. The molecule has 0 bridgehead atoms. The van der Waals surface area contributed by atoms with E-state index in [1.165, 1.54) is 37.8 Å². The van der Waals surface area contributed by atoms with Crippen LogP contribution in [0.2, 0.25) is 0 Å². The molecular weight excluding hydrogens is 408 g/mol. The van der Waals surface area contributed by atoms with E-state index in [0.29, 0.717) is 24.6 Å². The molecule has 0 aliphatic carbocycles. The van der Waals surface area contributed by atoms with Crippen molar-refractivity contribution >= 4 is 21.6 Å². The van der Waals surface area contributed by atoms with Crippen LogP contribution >= 0.6 is 0 Å². The van der Waals surface area contributed by atoms with Gasteiger partial charge < -0.3 is 19.5 Å². The summed E-state index contributed by atoms with van der Waals surface area (Å²) in [5, 5.41) is 2.71. The lowest BCUT2D eigenvalue weighted by Crippen LogP contribution is -2.36. The van der Waals surface area contributed by atoms with Gasteiger partial charge in [0.05, 0.1) is 32.6 Å². The summed E-state index contributed by atoms with van der Waals surface area (Å²) in [6, 6.07) is 9.44. The summed E-state index contributed by atoms with van der Waals surface area (Å²) in [5.41, 5.74) is 0.408. The molecular formula is C21H26N2O6S. The van der Waals surface area contributed by atoms with E-state index in [9.17, 15) is 13.2 Å². The molecule has 1 aliphatic rings. The Labute approximate surface area is 176 Å². The number of piperidine rings is 1. The number of hydrogen-bond acceptors (Lipinski definition) is 6. The van der Waals surface area contributed by atoms with Gasteiger partial charge in [-0.05, 0) is 25.0 Å². The Morgan fingerprint density at radius 3 is 2.13 bits per heavy atom. The number of amides is 1. The summed E-state index contributed by atoms with van der Waals surface area (Å²) in [7, 11) is 0.670. The van der Waals surface area contributed by atoms with Crippen molar-refractivity contribution in [1.82, 2.24) is 4.31 Å². The minimum absolute atomic E-state index is 0.0692. The number of nitrogens with zero attached hydrogens (tertiary/aromatic N) is 1. The Morgan fingerprint density at radius 1 is 0.900 bits per heavy atom. The number of methoxy groups -OCH3 is 3. The molecule has 0 atom stereocenters. The van der Waals surface area contributed by atoms with Gasteiger partial charge >= 0.3 is 0 Å². The maximum absolute atomic E-state index is 13.1. The third kappa shape index (κ3) is 4.36. The molecule has 3 rings (SSSR count). The fourth-order valence-electron chi connectivity index (χ4n) is 3.44. The van der Waals surface area contributed by atoms with E-state index in [1.54, 1.807) is 24.3 Å². The molecule has 0 unspecified atom stereocenters. The van der Waals surface area contributed by atoms with E-state index in [0.717, 1.165) is 19.3 Å². The van der Waals surface area contributed by atoms with Crippen LogP contribution < -0.4 is 19.5 Å². The zero-order valence-electron chi connectivity index (χ0n) is 17.3. The second kappa shape index (κ2) is 9.36. The molecule has 2 aromatic rings. The van der Waals surface area contributed by atoms with E-state index in [-0.39, 0.29) is 21.9 Å². The SMILES string of the molecule is COc1cc(OC)c(C(=O)Nc2ccccc2S(=O)(=O)N2CCCCC2)cc1OC. The lowest BCUT2D eigenvalue weighted by atomic mass is 10.1. The maximum atomic E-state index is 13.1. The number of carbonyl (C=O) groups is 1. The van der Waals surface area contributed by atoms with Crippen molar-refractivity contribution in [3.63, 3.8) is 0 Å². The van der Waals surface area contributed by atoms with Crippen LogP contribution in [0.3, 0.4) is 0 Å². The molecule has 0 aromatic heterocycles. The number of nitrogens with one attached hydrogen (secondary N) is 1. The third-order valence-corrected chi connectivity index (χ3v) is 6.98. The van der Waals surface area contributed by atoms with Crippen LogP contribution in [0, 0.1) is 0 Å². The average molecular weight is 435 g/mol. The van der Waals surface area contributed by atoms with E-state index >= 15 is 0 Å². The van der Waals surface area contributed by atoms with Gasteiger partial charge in [-0.15, -0.1) is 0 Å². The number of anilines is 1. The second-order valence-corrected chi connectivity index (χ2v) is 8.73. The van der Waals surface area contributed by atoms with Crippen LogP contribution in [-0.4, -0.2) is 53.0 Å². The molecule has 162 valence electrons. The smallest absolute Gasteiger partial charge is 0.259 e. The lowest BCUT2D eigenvalue weighted by Gasteiger charge is -2.26. The summed E-state index contributed by atoms with van der Waals surface area (Å²) in [5.74, 6) is 0.535. The predicted octanol–water partition coefficient (Wildman–Crippen LogP) is 3.14. The van der Waals surface area contributed by atoms with Gasteiger partial charge in [0, 0.05) is 25.2 Å². The van der Waals surface area contributed by atoms with Crippen molar-refractivity contribution in [1.29, 1.82) is 0 Å². The number of rotatable bonds is 7. The number of sulfonamides is 1. The normalized spacial score (nSPS) is 14.8. The topological polar surface area (TPSA) is 94.2 Å². The van der Waals surface area contributed by atoms with E-state index in [1.807, 2.05) is 0 Å². The van der Waals surface area contributed by atoms with Gasteiger partial charge in [0.2, 0.25) is 10.0 Å². The number of para-hydroxylation sites is 1. The van der Waals surface area contributed by atoms with E-state index in [4.69, 9.17) is 14.2 Å². The first-order valence-corrected chi connectivity index (χ1v) is 11.1. The Hall–Kier alpha value is -2.78. The Bertz CT molecular complexity index is 1020. The second-order valence-electron chi connectivity index (χ2n) is 6.82. The highest BCUT2D eigenvalue weighted by Crippen LogP contribution is 2.35. The first kappa shape index (κ1) is 21.9. The molecule has 2 aromatic carbocycles. The number of hydrogen-bond donors (Lipinski definition) is 1. The standard InChI is InChI=1S/C21H26N2O6S/c1-27-17-14-19(29-3)18(28-2)13-15(17)21(24)22-16-9-5-6-10-20(16)30(25,26)23-11-7-4-8-12-23/h5-6,9-10,13-14H,4,7-8,11-12H2,1-3H3,(H,22,24). The van der Waals surface area contributed by atoms with Gasteiger partial charge in [-0.3, -0.25) is 4.79 Å². The Balaban J connectivity index is 1.95. The molecule has 0 saturated carbocycles. The fraction of sp³-hybridized carbons (Fsp3) is 0.381. The van der Waals surface area contributed by atoms with Crippen molar-refractivity contribution in [2.24, 2.45) is 0 Å². The molecule has 8 nitrogen and oxygen atoms in total. The van der Waals surface area contributed by atoms with Crippen LogP contribution in [0.5, 0.6) is 17.2 Å². The number of ether oxygens (including phenoxy) is 3. The highest BCUT2D eigenvalue weighted by Gasteiger charge is 2.29. The summed E-state index contributed by atoms with van der Waals surface area (Å²) >= 11 is 0. The van der Waals surface area contributed by atoms with Crippen LogP contribution in [0.4, 0.5) is 5.69 Å². The monoisotopic (exact) mass is 434 g/mol. The third-order valence-electron chi connectivity index (χ3n) is 5.02. The summed E-state index contributed by atoms with van der Waals surface area (Å²) < 4.78 is 43.6. The molecule has 1 saturated heterocycles. The van der Waals surface area contributed by atoms with Crippen LogP contribution in [0.15, 0.2) is 41.3 Å². The van der Waals surface area contributed by atoms with Crippen molar-refractivity contribution in [2.75, 3.05) is 39.7 Å². The van der Waals surface area contributed by atoms with Gasteiger partial charge in [0.1, 0.15) is 10.6 Å². The minimum atomic E-state index is -3.72. The predicted molar refractivity (Wildman–Crippen MR) is 113 cm³/mol. The zero-order chi connectivity index (χ0) is 21.7. The van der Waals surface area contributed by atoms with Crippen LogP contribution in [0.25, 0.3) is 0 Å². The molecule has 1 amide bonds. The lowest BCUT2D eigenvalue weighted by molar-refractivity contribution is 0.102. The van der Waals surface area contributed by atoms with E-state index in [2.05, 4.69) is 5.32 Å². The van der Waals surface area contributed by atoms with Crippen LogP contribution in [0.1, 0.15) is 29.6 Å². The summed E-state index contributed by atoms with van der Waals surface area (Å²) in [6.07, 6.45) is 2.68. The van der Waals surface area contributed by atoms with Crippen molar-refractivity contribution < 1.29 is 27.4 Å². The molecule has 1 aliphatic heterocycles. The molecule has 1 fully saturated rings. The van der Waals surface area contributed by atoms with Gasteiger partial charge in [0.15, 0.2) is 11.5 Å². The van der Waals surface area contributed by atoms with E-state index < -0.39 is 15.9 Å². The average Bonchev–Trinajstić information content (AvgIpc) is 2.78. The highest BCUT2D eigenvalue weighted by atomic mass is 32.2. The van der Waals surface area contributed by atoms with Gasteiger partial charge in [-0.2, -0.15) is 4.31 Å². The van der Waals surface area contributed by atoms with Gasteiger partial charge in [0.25, 0.3) is 5.91 Å². The zero-order valence-corrected chi connectivity index (χ0v) is 18.1. The Kier molecular flexibility index (Phi) is 6.84. The quantitative estimate of drug-likeness (QED) is 0.720. The fourth-order valence-corrected chi connectivity index (χ4v) is 5.10.